The lowest BCUT2D eigenvalue weighted by Crippen LogP contribution is -2.11. The van der Waals surface area contributed by atoms with Crippen LogP contribution in [0.3, 0.4) is 0 Å². The Bertz CT molecular complexity index is 891. The van der Waals surface area contributed by atoms with Gasteiger partial charge in [-0.25, -0.2) is 4.79 Å². The van der Waals surface area contributed by atoms with Crippen LogP contribution >= 0.6 is 15.9 Å². The maximum atomic E-state index is 12.6. The summed E-state index contributed by atoms with van der Waals surface area (Å²) in [5.74, 6) is -1.50. The fraction of sp³-hybridized carbons (Fsp3) is 0. The maximum absolute atomic E-state index is 12.6. The summed E-state index contributed by atoms with van der Waals surface area (Å²) in [6.07, 6.45) is 1.33. The van der Waals surface area contributed by atoms with Gasteiger partial charge in [0.15, 0.2) is 5.78 Å². The van der Waals surface area contributed by atoms with Crippen molar-refractivity contribution < 1.29 is 14.7 Å². The van der Waals surface area contributed by atoms with Crippen molar-refractivity contribution in [2.75, 3.05) is 0 Å². The van der Waals surface area contributed by atoms with Gasteiger partial charge < -0.3 is 5.11 Å². The molecule has 108 valence electrons. The van der Waals surface area contributed by atoms with Crippen LogP contribution in [-0.4, -0.2) is 21.8 Å². The number of carbonyl (C=O) groups is 2. The first-order valence-electron chi connectivity index (χ1n) is 6.49. The molecular formula is C17H10BrNO3. The molecule has 0 radical (unpaired) electrons. The molecule has 0 unspecified atom stereocenters. The lowest BCUT2D eigenvalue weighted by Gasteiger charge is -2.09. The first kappa shape index (κ1) is 14.4. The van der Waals surface area contributed by atoms with Crippen LogP contribution in [0.4, 0.5) is 0 Å². The molecule has 0 fully saturated rings. The number of pyridine rings is 1. The minimum atomic E-state index is -1.15. The Morgan fingerprint density at radius 3 is 2.45 bits per heavy atom. The van der Waals surface area contributed by atoms with Gasteiger partial charge in [-0.05, 0) is 18.2 Å². The van der Waals surface area contributed by atoms with Crippen molar-refractivity contribution in [2.45, 2.75) is 0 Å². The molecule has 0 bridgehead atoms. The number of aromatic nitrogens is 1. The molecule has 3 aromatic rings. The summed E-state index contributed by atoms with van der Waals surface area (Å²) in [6, 6.07) is 13.7. The molecule has 0 atom stereocenters. The van der Waals surface area contributed by atoms with E-state index in [9.17, 15) is 14.7 Å². The van der Waals surface area contributed by atoms with E-state index in [0.29, 0.717) is 16.5 Å². The van der Waals surface area contributed by atoms with Gasteiger partial charge in [-0.2, -0.15) is 0 Å². The average Bonchev–Trinajstić information content (AvgIpc) is 2.53. The van der Waals surface area contributed by atoms with Crippen LogP contribution < -0.4 is 0 Å². The Balaban J connectivity index is 2.28. The van der Waals surface area contributed by atoms with Gasteiger partial charge in [0.1, 0.15) is 0 Å². The fourth-order valence-corrected chi connectivity index (χ4v) is 2.67. The Hall–Kier alpha value is -2.53. The smallest absolute Gasteiger partial charge is 0.337 e. The third-order valence-electron chi connectivity index (χ3n) is 3.32. The second-order valence-corrected chi connectivity index (χ2v) is 5.62. The molecule has 0 saturated carbocycles. The fourth-order valence-electron chi connectivity index (χ4n) is 2.31. The molecule has 5 heteroatoms. The van der Waals surface area contributed by atoms with Crippen LogP contribution in [-0.2, 0) is 0 Å². The summed E-state index contributed by atoms with van der Waals surface area (Å²) in [5.41, 5.74) is 1.02. The number of aromatic carboxylic acids is 1. The first-order chi connectivity index (χ1) is 10.6. The largest absolute Gasteiger partial charge is 0.478 e. The van der Waals surface area contributed by atoms with E-state index in [-0.39, 0.29) is 16.9 Å². The van der Waals surface area contributed by atoms with Gasteiger partial charge >= 0.3 is 5.97 Å². The summed E-state index contributed by atoms with van der Waals surface area (Å²) >= 11 is 3.32. The molecule has 1 heterocycles. The molecule has 0 amide bonds. The summed E-state index contributed by atoms with van der Waals surface area (Å²) < 4.78 is 0.730. The minimum absolute atomic E-state index is 0.0276. The highest BCUT2D eigenvalue weighted by atomic mass is 79.9. The molecular weight excluding hydrogens is 346 g/mol. The zero-order valence-electron chi connectivity index (χ0n) is 11.3. The van der Waals surface area contributed by atoms with Gasteiger partial charge in [0.25, 0.3) is 0 Å². The van der Waals surface area contributed by atoms with Gasteiger partial charge in [0, 0.05) is 21.6 Å². The molecule has 1 N–H and O–H groups in total. The molecule has 0 saturated heterocycles. The normalized spacial score (nSPS) is 10.6. The average molecular weight is 356 g/mol. The van der Waals surface area contributed by atoms with E-state index in [2.05, 4.69) is 20.9 Å². The molecule has 0 aliphatic rings. The Morgan fingerprint density at radius 2 is 1.77 bits per heavy atom. The number of rotatable bonds is 3. The van der Waals surface area contributed by atoms with Crippen LogP contribution in [0.15, 0.2) is 59.2 Å². The predicted octanol–water partition coefficient (Wildman–Crippen LogP) is 3.93. The molecule has 4 nitrogen and oxygen atoms in total. The van der Waals surface area contributed by atoms with Crippen molar-refractivity contribution >= 4 is 38.6 Å². The quantitative estimate of drug-likeness (QED) is 0.722. The highest BCUT2D eigenvalue weighted by Crippen LogP contribution is 2.26. The molecule has 1 aromatic heterocycles. The number of nitrogens with zero attached hydrogens (tertiary/aromatic N) is 1. The van der Waals surface area contributed by atoms with E-state index in [4.69, 9.17) is 0 Å². The number of hydrogen-bond acceptors (Lipinski definition) is 3. The van der Waals surface area contributed by atoms with Crippen molar-refractivity contribution in [3.05, 3.63) is 75.9 Å². The number of halogens is 1. The van der Waals surface area contributed by atoms with E-state index < -0.39 is 5.97 Å². The van der Waals surface area contributed by atoms with Gasteiger partial charge in [0.2, 0.25) is 0 Å². The Kier molecular flexibility index (Phi) is 3.73. The van der Waals surface area contributed by atoms with E-state index in [1.165, 1.54) is 6.20 Å². The van der Waals surface area contributed by atoms with E-state index >= 15 is 0 Å². The monoisotopic (exact) mass is 355 g/mol. The van der Waals surface area contributed by atoms with E-state index in [0.717, 1.165) is 4.47 Å². The lowest BCUT2D eigenvalue weighted by molar-refractivity contribution is 0.0695. The van der Waals surface area contributed by atoms with Gasteiger partial charge in [0.05, 0.1) is 16.6 Å². The zero-order chi connectivity index (χ0) is 15.7. The predicted molar refractivity (Wildman–Crippen MR) is 86.3 cm³/mol. The number of carboxylic acids is 1. The summed E-state index contributed by atoms with van der Waals surface area (Å²) in [5, 5.41) is 9.99. The number of benzene rings is 2. The number of carbonyl (C=O) groups excluding carboxylic acids is 1. The molecule has 0 spiro atoms. The van der Waals surface area contributed by atoms with Crippen molar-refractivity contribution in [1.82, 2.24) is 4.98 Å². The summed E-state index contributed by atoms with van der Waals surface area (Å²) in [6.45, 7) is 0. The van der Waals surface area contributed by atoms with Crippen molar-refractivity contribution in [3.63, 3.8) is 0 Å². The first-order valence-corrected chi connectivity index (χ1v) is 7.28. The zero-order valence-corrected chi connectivity index (χ0v) is 12.9. The number of fused-ring (bicyclic) bond motifs is 1. The van der Waals surface area contributed by atoms with E-state index in [1.807, 2.05) is 0 Å². The van der Waals surface area contributed by atoms with Crippen LogP contribution in [0.25, 0.3) is 10.9 Å². The minimum Gasteiger partial charge on any atom is -0.478 e. The van der Waals surface area contributed by atoms with Crippen LogP contribution in [0.5, 0.6) is 0 Å². The number of hydrogen-bond donors (Lipinski definition) is 1. The standard InChI is InChI=1S/C17H10BrNO3/c18-11-6-7-14-12(8-11)15(17(21)22)13(9-19-14)16(20)10-4-2-1-3-5-10/h1-9H,(H,21,22). The Morgan fingerprint density at radius 1 is 1.05 bits per heavy atom. The summed E-state index contributed by atoms with van der Waals surface area (Å²) in [7, 11) is 0. The summed E-state index contributed by atoms with van der Waals surface area (Å²) in [4.78, 5) is 28.5. The van der Waals surface area contributed by atoms with Crippen molar-refractivity contribution in [2.24, 2.45) is 0 Å². The van der Waals surface area contributed by atoms with E-state index in [1.54, 1.807) is 48.5 Å². The number of ketones is 1. The topological polar surface area (TPSA) is 67.3 Å². The van der Waals surface area contributed by atoms with Gasteiger partial charge in [-0.3, -0.25) is 9.78 Å². The molecule has 22 heavy (non-hydrogen) atoms. The number of carboxylic acid groups (broad SMARTS) is 1. The third kappa shape index (κ3) is 2.51. The second kappa shape index (κ2) is 5.69. The third-order valence-corrected chi connectivity index (χ3v) is 3.82. The lowest BCUT2D eigenvalue weighted by atomic mass is 9.97. The van der Waals surface area contributed by atoms with Crippen LogP contribution in [0, 0.1) is 0 Å². The van der Waals surface area contributed by atoms with Gasteiger partial charge in [-0.15, -0.1) is 0 Å². The molecule has 2 aromatic carbocycles. The Labute approximate surface area is 134 Å². The molecule has 3 rings (SSSR count). The maximum Gasteiger partial charge on any atom is 0.337 e. The highest BCUT2D eigenvalue weighted by molar-refractivity contribution is 9.10. The van der Waals surface area contributed by atoms with Gasteiger partial charge in [-0.1, -0.05) is 46.3 Å². The van der Waals surface area contributed by atoms with Crippen molar-refractivity contribution in [1.29, 1.82) is 0 Å². The van der Waals surface area contributed by atoms with Crippen LogP contribution in [0.1, 0.15) is 26.3 Å². The second-order valence-electron chi connectivity index (χ2n) is 4.71. The van der Waals surface area contributed by atoms with Crippen LogP contribution in [0.2, 0.25) is 0 Å². The molecule has 0 aliphatic carbocycles. The van der Waals surface area contributed by atoms with Crippen molar-refractivity contribution in [3.8, 4) is 0 Å². The SMILES string of the molecule is O=C(c1ccccc1)c1cnc2ccc(Br)cc2c1C(=O)O. The highest BCUT2D eigenvalue weighted by Gasteiger charge is 2.21. The molecule has 0 aliphatic heterocycles.